The number of anilines is 3. The van der Waals surface area contributed by atoms with Crippen molar-refractivity contribution in [2.24, 2.45) is 0 Å². The van der Waals surface area contributed by atoms with Crippen molar-refractivity contribution in [3.8, 4) is 5.69 Å². The molecule has 0 bridgehead atoms. The molecule has 9 nitrogen and oxygen atoms in total. The highest BCUT2D eigenvalue weighted by Gasteiger charge is 2.18. The lowest BCUT2D eigenvalue weighted by Crippen LogP contribution is -2.23. The Morgan fingerprint density at radius 2 is 2.09 bits per heavy atom. The maximum Gasteiger partial charge on any atom is 0.278 e. The van der Waals surface area contributed by atoms with Crippen LogP contribution in [0.25, 0.3) is 16.7 Å². The second-order valence-electron chi connectivity index (χ2n) is 8.46. The molecule has 0 radical (unpaired) electrons. The first-order valence-corrected chi connectivity index (χ1v) is 11.6. The van der Waals surface area contributed by atoms with E-state index in [-0.39, 0.29) is 12.2 Å². The normalized spacial score (nSPS) is 13.1. The Hall–Kier alpha value is -3.69. The molecule has 5 rings (SSSR count). The Morgan fingerprint density at radius 3 is 2.91 bits per heavy atom. The van der Waals surface area contributed by atoms with Gasteiger partial charge < -0.3 is 20.6 Å². The molecule has 34 heavy (non-hydrogen) atoms. The minimum Gasteiger partial charge on any atom is -0.395 e. The van der Waals surface area contributed by atoms with Gasteiger partial charge in [-0.05, 0) is 61.3 Å². The third-order valence-corrected chi connectivity index (χ3v) is 6.27. The fraction of sp³-hybridized carbons (Fsp3) is 0.320. The lowest BCUT2D eigenvalue weighted by Gasteiger charge is -2.19. The monoisotopic (exact) mass is 459 g/mol. The second kappa shape index (κ2) is 9.28. The molecule has 1 aliphatic rings. The number of rotatable bonds is 7. The maximum absolute atomic E-state index is 13.1. The van der Waals surface area contributed by atoms with Crippen molar-refractivity contribution in [2.45, 2.75) is 26.4 Å². The van der Waals surface area contributed by atoms with Gasteiger partial charge in [0.15, 0.2) is 5.65 Å². The summed E-state index contributed by atoms with van der Waals surface area (Å²) in [7, 11) is 1.93. The van der Waals surface area contributed by atoms with Gasteiger partial charge in [0, 0.05) is 44.3 Å². The zero-order chi connectivity index (χ0) is 23.7. The molecule has 0 saturated carbocycles. The highest BCUT2D eigenvalue weighted by atomic mass is 16.3. The van der Waals surface area contributed by atoms with E-state index in [0.717, 1.165) is 36.6 Å². The van der Waals surface area contributed by atoms with Crippen LogP contribution >= 0.6 is 0 Å². The van der Waals surface area contributed by atoms with Crippen LogP contribution in [0, 0.1) is 0 Å². The summed E-state index contributed by atoms with van der Waals surface area (Å²) in [4.78, 5) is 24.3. The van der Waals surface area contributed by atoms with Gasteiger partial charge >= 0.3 is 0 Å². The first-order valence-electron chi connectivity index (χ1n) is 11.6. The van der Waals surface area contributed by atoms with Gasteiger partial charge in [-0.2, -0.15) is 4.98 Å². The largest absolute Gasteiger partial charge is 0.395 e. The van der Waals surface area contributed by atoms with Crippen LogP contribution in [-0.4, -0.2) is 51.2 Å². The number of hydrogen-bond donors (Lipinski definition) is 3. The molecular weight excluding hydrogens is 430 g/mol. The number of benzene rings is 2. The number of aliphatic hydroxyl groups excluding tert-OH is 1. The molecule has 176 valence electrons. The molecule has 0 spiro atoms. The molecule has 0 amide bonds. The van der Waals surface area contributed by atoms with Crippen molar-refractivity contribution in [3.05, 3.63) is 70.1 Å². The molecule has 3 N–H and O–H groups in total. The van der Waals surface area contributed by atoms with Gasteiger partial charge in [0.05, 0.1) is 12.3 Å². The summed E-state index contributed by atoms with van der Waals surface area (Å²) in [6, 6.07) is 14.2. The van der Waals surface area contributed by atoms with E-state index in [2.05, 4.69) is 27.8 Å². The van der Waals surface area contributed by atoms with Crippen LogP contribution in [-0.2, 0) is 19.5 Å². The van der Waals surface area contributed by atoms with Gasteiger partial charge in [-0.1, -0.05) is 12.1 Å². The van der Waals surface area contributed by atoms with E-state index in [9.17, 15) is 9.90 Å². The van der Waals surface area contributed by atoms with E-state index in [1.807, 2.05) is 53.9 Å². The van der Waals surface area contributed by atoms with Crippen LogP contribution in [0.15, 0.2) is 53.5 Å². The third-order valence-electron chi connectivity index (χ3n) is 6.27. The zero-order valence-electron chi connectivity index (χ0n) is 19.5. The first kappa shape index (κ1) is 22.1. The standard InChI is InChI=1S/C25H29N7O2/c1-3-31-24(34)22-16-27-25(28-19-8-7-18-15-26-10-9-17(18)13-19)29-23(22)32(31)21-6-4-5-20(14-21)30(2)11-12-33/h4-8,13-14,16,26,33H,3,9-12,15H2,1-2H3,(H,27,28,29). The molecule has 0 unspecified atom stereocenters. The van der Waals surface area contributed by atoms with Crippen molar-refractivity contribution in [1.82, 2.24) is 24.6 Å². The molecule has 9 heteroatoms. The number of aromatic nitrogens is 4. The van der Waals surface area contributed by atoms with Crippen molar-refractivity contribution in [1.29, 1.82) is 0 Å². The molecule has 2 aromatic heterocycles. The van der Waals surface area contributed by atoms with Gasteiger partial charge in [-0.15, -0.1) is 0 Å². The number of likely N-dealkylation sites (N-methyl/N-ethyl adjacent to an activating group) is 1. The summed E-state index contributed by atoms with van der Waals surface area (Å²) in [5, 5.41) is 16.5. The van der Waals surface area contributed by atoms with Crippen LogP contribution < -0.4 is 21.1 Å². The minimum atomic E-state index is -0.126. The van der Waals surface area contributed by atoms with E-state index < -0.39 is 0 Å². The molecule has 2 aromatic carbocycles. The van der Waals surface area contributed by atoms with Gasteiger partial charge in [0.1, 0.15) is 5.39 Å². The van der Waals surface area contributed by atoms with E-state index in [1.54, 1.807) is 10.9 Å². The van der Waals surface area contributed by atoms with Crippen LogP contribution in [0.1, 0.15) is 18.1 Å². The topological polar surface area (TPSA) is 100 Å². The lowest BCUT2D eigenvalue weighted by atomic mass is 10.0. The molecule has 0 aliphatic carbocycles. The number of nitrogens with zero attached hydrogens (tertiary/aromatic N) is 5. The van der Waals surface area contributed by atoms with Gasteiger partial charge in [-0.3, -0.25) is 4.79 Å². The van der Waals surface area contributed by atoms with Crippen molar-refractivity contribution in [2.75, 3.05) is 37.0 Å². The molecule has 3 heterocycles. The summed E-state index contributed by atoms with van der Waals surface area (Å²) in [5.74, 6) is 0.442. The summed E-state index contributed by atoms with van der Waals surface area (Å²) in [5.41, 5.74) is 5.75. The summed E-state index contributed by atoms with van der Waals surface area (Å²) in [6.45, 7) is 4.88. The summed E-state index contributed by atoms with van der Waals surface area (Å²) < 4.78 is 3.51. The Labute approximate surface area is 197 Å². The van der Waals surface area contributed by atoms with E-state index in [1.165, 1.54) is 11.1 Å². The molecule has 0 saturated heterocycles. The number of nitrogens with one attached hydrogen (secondary N) is 2. The summed E-state index contributed by atoms with van der Waals surface area (Å²) in [6.07, 6.45) is 2.59. The minimum absolute atomic E-state index is 0.0638. The fourth-order valence-corrected chi connectivity index (χ4v) is 4.46. The Bertz CT molecular complexity index is 1390. The third kappa shape index (κ3) is 4.04. The Balaban J connectivity index is 1.57. The zero-order valence-corrected chi connectivity index (χ0v) is 19.5. The van der Waals surface area contributed by atoms with Crippen LogP contribution in [0.5, 0.6) is 0 Å². The molecule has 4 aromatic rings. The van der Waals surface area contributed by atoms with E-state index in [4.69, 9.17) is 4.98 Å². The van der Waals surface area contributed by atoms with Crippen molar-refractivity contribution < 1.29 is 5.11 Å². The van der Waals surface area contributed by atoms with Crippen LogP contribution in [0.3, 0.4) is 0 Å². The van der Waals surface area contributed by atoms with Crippen molar-refractivity contribution in [3.63, 3.8) is 0 Å². The first-order chi connectivity index (χ1) is 16.6. The Morgan fingerprint density at radius 1 is 1.21 bits per heavy atom. The highest BCUT2D eigenvalue weighted by Crippen LogP contribution is 2.24. The fourth-order valence-electron chi connectivity index (χ4n) is 4.46. The second-order valence-corrected chi connectivity index (χ2v) is 8.46. The maximum atomic E-state index is 13.1. The predicted octanol–water partition coefficient (Wildman–Crippen LogP) is 2.42. The quantitative estimate of drug-likeness (QED) is 0.390. The predicted molar refractivity (Wildman–Crippen MR) is 134 cm³/mol. The van der Waals surface area contributed by atoms with E-state index >= 15 is 0 Å². The number of aliphatic hydroxyl groups is 1. The summed E-state index contributed by atoms with van der Waals surface area (Å²) >= 11 is 0. The van der Waals surface area contributed by atoms with E-state index in [0.29, 0.717) is 30.1 Å². The average molecular weight is 460 g/mol. The molecule has 1 aliphatic heterocycles. The molecular formula is C25H29N7O2. The number of hydrogen-bond acceptors (Lipinski definition) is 7. The smallest absolute Gasteiger partial charge is 0.278 e. The Kier molecular flexibility index (Phi) is 6.04. The number of fused-ring (bicyclic) bond motifs is 2. The highest BCUT2D eigenvalue weighted by molar-refractivity contribution is 5.77. The van der Waals surface area contributed by atoms with Crippen LogP contribution in [0.2, 0.25) is 0 Å². The SMILES string of the molecule is CCn1c(=O)c2cnc(Nc3ccc4c(c3)CCNC4)nc2n1-c1cccc(N(C)CCO)c1. The van der Waals surface area contributed by atoms with Gasteiger partial charge in [-0.25, -0.2) is 14.3 Å². The van der Waals surface area contributed by atoms with Crippen molar-refractivity contribution >= 4 is 28.4 Å². The average Bonchev–Trinajstić information content (AvgIpc) is 3.15. The molecule has 0 fully saturated rings. The van der Waals surface area contributed by atoms with Gasteiger partial charge in [0.2, 0.25) is 5.95 Å². The molecule has 0 atom stereocenters. The lowest BCUT2D eigenvalue weighted by molar-refractivity contribution is 0.304. The van der Waals surface area contributed by atoms with Gasteiger partial charge in [0.25, 0.3) is 5.56 Å². The van der Waals surface area contributed by atoms with Crippen LogP contribution in [0.4, 0.5) is 17.3 Å².